The number of aromatic nitrogens is 7. The second kappa shape index (κ2) is 24.3. The molecule has 0 saturated carbocycles. The smallest absolute Gasteiger partial charge is 0.316 e. The third-order valence-electron chi connectivity index (χ3n) is 12.8. The lowest BCUT2D eigenvalue weighted by Crippen LogP contribution is -2.19. The van der Waals surface area contributed by atoms with Crippen LogP contribution in [0.5, 0.6) is 0 Å². The lowest BCUT2D eigenvalue weighted by Gasteiger charge is -2.19. The number of carbonyl (C=O) groups is 2. The summed E-state index contributed by atoms with van der Waals surface area (Å²) < 4.78 is 0.438. The number of pyridine rings is 1. The molecule has 14 nitrogen and oxygen atoms in total. The summed E-state index contributed by atoms with van der Waals surface area (Å²) in [4.78, 5) is 41.9. The van der Waals surface area contributed by atoms with Crippen LogP contribution in [0.3, 0.4) is 0 Å². The van der Waals surface area contributed by atoms with Crippen LogP contribution in [0.15, 0.2) is 158 Å². The van der Waals surface area contributed by atoms with Gasteiger partial charge in [0.05, 0.1) is 11.4 Å². The SMILES string of the molecule is CC(=O)Nc1nccc(-c2ccc(C(C)(C)C)[nH]2)n1.CC(C)(C)c1ccc2cc(NC(N)=O)ccc2c1.CC(C)(C)c1ccc2cc(Nc3ccccn3)ccc2c1.CC(C)(C)c1ccc2cc(Nc3nc(=S)[nH][nH]3)ccc2c1. The van der Waals surface area contributed by atoms with Crippen molar-refractivity contribution in [1.29, 1.82) is 0 Å². The molecule has 0 aliphatic heterocycles. The van der Waals surface area contributed by atoms with Crippen molar-refractivity contribution < 1.29 is 9.59 Å². The van der Waals surface area contributed by atoms with Crippen molar-refractivity contribution in [3.05, 3.63) is 185 Å². The zero-order valence-electron chi connectivity index (χ0n) is 47.6. The van der Waals surface area contributed by atoms with Crippen LogP contribution in [0.25, 0.3) is 43.7 Å². The fraction of sp³-hybridized carbons (Fsp3) is 0.266. The van der Waals surface area contributed by atoms with Crippen molar-refractivity contribution in [3.8, 4) is 11.4 Å². The van der Waals surface area contributed by atoms with Gasteiger partial charge in [-0.2, -0.15) is 4.98 Å². The number of hydrogen-bond donors (Lipinski definition) is 8. The first-order valence-corrected chi connectivity index (χ1v) is 26.7. The maximum Gasteiger partial charge on any atom is 0.316 e. The van der Waals surface area contributed by atoms with E-state index in [9.17, 15) is 9.59 Å². The lowest BCUT2D eigenvalue weighted by molar-refractivity contribution is -0.114. The van der Waals surface area contributed by atoms with E-state index in [0.717, 1.165) is 50.7 Å². The highest BCUT2D eigenvalue weighted by molar-refractivity contribution is 7.71. The number of rotatable bonds is 7. The van der Waals surface area contributed by atoms with Crippen LogP contribution in [0.1, 0.15) is 112 Å². The van der Waals surface area contributed by atoms with Gasteiger partial charge in [-0.05, 0) is 144 Å². The molecule has 0 aliphatic carbocycles. The van der Waals surface area contributed by atoms with Gasteiger partial charge in [0.25, 0.3) is 0 Å². The molecule has 10 aromatic rings. The zero-order valence-corrected chi connectivity index (χ0v) is 48.4. The first-order valence-electron chi connectivity index (χ1n) is 26.3. The second-order valence-corrected chi connectivity index (χ2v) is 23.9. The molecule has 0 bridgehead atoms. The Hall–Kier alpha value is -8.69. The molecule has 0 spiro atoms. The van der Waals surface area contributed by atoms with Gasteiger partial charge in [0.2, 0.25) is 22.6 Å². The minimum Gasteiger partial charge on any atom is -0.357 e. The molecule has 0 fully saturated rings. The van der Waals surface area contributed by atoms with Gasteiger partial charge in [-0.25, -0.2) is 19.7 Å². The molecule has 4 aromatic heterocycles. The first kappa shape index (κ1) is 58.0. The Morgan fingerprint density at radius 2 is 0.987 bits per heavy atom. The molecule has 0 atom stereocenters. The predicted octanol–water partition coefficient (Wildman–Crippen LogP) is 16.3. The number of amides is 3. The predicted molar refractivity (Wildman–Crippen MR) is 331 cm³/mol. The topological polar surface area (TPSA) is 207 Å². The number of aromatic amines is 3. The quantitative estimate of drug-likeness (QED) is 0.0714. The molecule has 9 N–H and O–H groups in total. The van der Waals surface area contributed by atoms with Gasteiger partial charge in [0.1, 0.15) is 5.82 Å². The van der Waals surface area contributed by atoms with E-state index >= 15 is 0 Å². The normalized spacial score (nSPS) is 11.6. The third-order valence-corrected chi connectivity index (χ3v) is 13.0. The maximum atomic E-state index is 11.0. The van der Waals surface area contributed by atoms with E-state index in [1.807, 2.05) is 54.6 Å². The van der Waals surface area contributed by atoms with Crippen molar-refractivity contribution >= 4 is 91.3 Å². The minimum atomic E-state index is -0.541. The molecule has 6 aromatic carbocycles. The van der Waals surface area contributed by atoms with Gasteiger partial charge < -0.3 is 26.7 Å². The van der Waals surface area contributed by atoms with E-state index in [1.54, 1.807) is 12.4 Å². The monoisotopic (exact) mass is 1070 g/mol. The molecule has 0 unspecified atom stereocenters. The van der Waals surface area contributed by atoms with E-state index in [-0.39, 0.29) is 27.6 Å². The number of hydrogen-bond acceptors (Lipinski definition) is 9. The number of nitrogens with one attached hydrogen (secondary N) is 7. The molecular formula is C64H74N12O2S. The summed E-state index contributed by atoms with van der Waals surface area (Å²) in [5.74, 6) is 1.62. The van der Waals surface area contributed by atoms with E-state index < -0.39 is 6.03 Å². The van der Waals surface area contributed by atoms with Gasteiger partial charge in [-0.3, -0.25) is 20.3 Å². The van der Waals surface area contributed by atoms with E-state index in [2.05, 4.69) is 230 Å². The number of carbonyl (C=O) groups excluding carboxylic acids is 2. The molecule has 15 heteroatoms. The number of anilines is 6. The number of nitrogens with two attached hydrogens (primary N) is 1. The molecule has 79 heavy (non-hydrogen) atoms. The number of nitrogens with zero attached hydrogens (tertiary/aromatic N) is 4. The Balaban J connectivity index is 0.000000153. The average molecular weight is 1080 g/mol. The van der Waals surface area contributed by atoms with Crippen LogP contribution >= 0.6 is 12.2 Å². The Kier molecular flexibility index (Phi) is 17.9. The number of urea groups is 1. The highest BCUT2D eigenvalue weighted by Crippen LogP contribution is 2.31. The second-order valence-electron chi connectivity index (χ2n) is 23.5. The molecule has 3 amide bonds. The minimum absolute atomic E-state index is 0.0613. The summed E-state index contributed by atoms with van der Waals surface area (Å²) >= 11 is 4.94. The number of H-pyrrole nitrogens is 3. The lowest BCUT2D eigenvalue weighted by atomic mass is 9.86. The van der Waals surface area contributed by atoms with E-state index in [0.29, 0.717) is 16.7 Å². The van der Waals surface area contributed by atoms with Crippen LogP contribution in [0.2, 0.25) is 0 Å². The maximum absolute atomic E-state index is 11.0. The molecule has 4 heterocycles. The zero-order chi connectivity index (χ0) is 57.3. The highest BCUT2D eigenvalue weighted by atomic mass is 32.1. The summed E-state index contributed by atoms with van der Waals surface area (Å²) in [6.07, 6.45) is 3.42. The fourth-order valence-electron chi connectivity index (χ4n) is 8.27. The Morgan fingerprint density at radius 1 is 0.494 bits per heavy atom. The Morgan fingerprint density at radius 3 is 1.43 bits per heavy atom. The van der Waals surface area contributed by atoms with E-state index in [4.69, 9.17) is 18.0 Å². The van der Waals surface area contributed by atoms with Crippen LogP contribution in [-0.4, -0.2) is 47.1 Å². The van der Waals surface area contributed by atoms with E-state index in [1.165, 1.54) is 45.2 Å². The number of benzene rings is 6. The summed E-state index contributed by atoms with van der Waals surface area (Å²) in [6.45, 7) is 27.8. The van der Waals surface area contributed by atoms with Gasteiger partial charge in [0.15, 0.2) is 0 Å². The molecule has 10 rings (SSSR count). The van der Waals surface area contributed by atoms with Crippen LogP contribution in [0.4, 0.5) is 39.6 Å². The third kappa shape index (κ3) is 16.7. The number of primary amides is 1. The highest BCUT2D eigenvalue weighted by Gasteiger charge is 2.18. The summed E-state index contributed by atoms with van der Waals surface area (Å²) in [5, 5.41) is 24.5. The van der Waals surface area contributed by atoms with Crippen molar-refractivity contribution in [3.63, 3.8) is 0 Å². The Labute approximate surface area is 468 Å². The van der Waals surface area contributed by atoms with Crippen molar-refractivity contribution in [2.45, 2.75) is 112 Å². The van der Waals surface area contributed by atoms with Crippen LogP contribution < -0.4 is 27.0 Å². The largest absolute Gasteiger partial charge is 0.357 e. The molecule has 0 aliphatic rings. The van der Waals surface area contributed by atoms with Gasteiger partial charge >= 0.3 is 6.03 Å². The first-order chi connectivity index (χ1) is 37.2. The van der Waals surface area contributed by atoms with Gasteiger partial charge in [0, 0.05) is 47.5 Å². The van der Waals surface area contributed by atoms with Crippen molar-refractivity contribution in [2.24, 2.45) is 5.73 Å². The molecule has 0 radical (unpaired) electrons. The molecule has 408 valence electrons. The fourth-order valence-corrected chi connectivity index (χ4v) is 8.41. The number of fused-ring (bicyclic) bond motifs is 3. The van der Waals surface area contributed by atoms with Crippen molar-refractivity contribution in [2.75, 3.05) is 21.3 Å². The van der Waals surface area contributed by atoms with Crippen LogP contribution in [-0.2, 0) is 26.5 Å². The van der Waals surface area contributed by atoms with Crippen LogP contribution in [0, 0.1) is 4.77 Å². The summed E-state index contributed by atoms with van der Waals surface area (Å²) in [6, 6.07) is 49.3. The standard InChI is InChI=1S/C19H20N2.C16H18N4S.C15H18N2O.C14H18N4O/c1-19(2,3)16-9-7-15-13-17(10-8-14(15)12-16)21-18-6-4-5-11-20-18;1-16(2,3)12-6-4-11-9-13(7-5-10(11)8-12)17-14-18-15(21)20-19-14;1-15(2,3)12-6-4-11-9-13(17-14(16)18)7-5-10(11)8-12;1-9(19)16-13-15-8-7-11(18-13)10-5-6-12(17-10)14(2,3)4/h4-13H,1-3H3,(H,20,21);4-9H,1-3H3,(H3,17,18,19,20,21);4-9H,1-3H3,(H3,16,17,18);5-8,17H,1-4H3,(H,15,16,18,19). The van der Waals surface area contributed by atoms with Gasteiger partial charge in [-0.1, -0.05) is 162 Å². The summed E-state index contributed by atoms with van der Waals surface area (Å²) in [5.41, 5.74) is 15.2. The van der Waals surface area contributed by atoms with Gasteiger partial charge in [-0.15, -0.1) is 0 Å². The van der Waals surface area contributed by atoms with Crippen molar-refractivity contribution in [1.82, 2.24) is 35.1 Å². The average Bonchev–Trinajstić information content (AvgIpc) is 4.06. The molecule has 0 saturated heterocycles. The summed E-state index contributed by atoms with van der Waals surface area (Å²) in [7, 11) is 0. The molecular weight excluding hydrogens is 1000 g/mol. The Bertz CT molecular complexity index is 3780.